The van der Waals surface area contributed by atoms with Crippen LogP contribution in [0.1, 0.15) is 53.5 Å². The molecule has 0 aliphatic carbocycles. The molecule has 1 atom stereocenters. The van der Waals surface area contributed by atoms with E-state index in [1.54, 1.807) is 0 Å². The number of rotatable bonds is 8. The summed E-state index contributed by atoms with van der Waals surface area (Å²) < 4.78 is 6.12. The summed E-state index contributed by atoms with van der Waals surface area (Å²) in [5.74, 6) is 1.47. The van der Waals surface area contributed by atoms with Gasteiger partial charge in [-0.3, -0.25) is 0 Å². The number of hydrogen-bond donors (Lipinski definition) is 1. The van der Waals surface area contributed by atoms with E-state index < -0.39 is 0 Å². The molecule has 0 aliphatic rings. The lowest BCUT2D eigenvalue weighted by atomic mass is 9.82. The Balaban J connectivity index is 2.72. The highest BCUT2D eigenvalue weighted by molar-refractivity contribution is 5.31. The van der Waals surface area contributed by atoms with E-state index in [4.69, 9.17) is 4.74 Å². The van der Waals surface area contributed by atoms with Gasteiger partial charge in [-0.15, -0.1) is 0 Å². The fourth-order valence-electron chi connectivity index (χ4n) is 2.06. The molecular weight excluding hydrogens is 246 g/mol. The lowest BCUT2D eigenvalue weighted by Gasteiger charge is -2.25. The van der Waals surface area contributed by atoms with Crippen molar-refractivity contribution < 1.29 is 4.74 Å². The van der Waals surface area contributed by atoms with E-state index in [9.17, 15) is 0 Å². The highest BCUT2D eigenvalue weighted by Crippen LogP contribution is 2.28. The lowest BCUT2D eigenvalue weighted by molar-refractivity contribution is 0.149. The van der Waals surface area contributed by atoms with Gasteiger partial charge in [0.25, 0.3) is 0 Å². The summed E-state index contributed by atoms with van der Waals surface area (Å²) in [5, 5.41) is 3.37. The Hall–Kier alpha value is -1.02. The summed E-state index contributed by atoms with van der Waals surface area (Å²) in [6, 6.07) is 8.61. The first kappa shape index (κ1) is 17.0. The Morgan fingerprint density at radius 1 is 1.10 bits per heavy atom. The van der Waals surface area contributed by atoms with Crippen LogP contribution < -0.4 is 10.1 Å². The molecule has 0 aromatic heterocycles. The third-order valence-corrected chi connectivity index (χ3v) is 4.15. The molecule has 1 aromatic rings. The van der Waals surface area contributed by atoms with Crippen LogP contribution in [-0.2, 0) is 5.41 Å². The molecule has 0 heterocycles. The fraction of sp³-hybridized carbons (Fsp3) is 0.667. The van der Waals surface area contributed by atoms with Crippen molar-refractivity contribution in [1.29, 1.82) is 0 Å². The van der Waals surface area contributed by atoms with E-state index in [-0.39, 0.29) is 11.5 Å². The van der Waals surface area contributed by atoms with Gasteiger partial charge in [-0.05, 0) is 42.0 Å². The van der Waals surface area contributed by atoms with Gasteiger partial charge < -0.3 is 10.1 Å². The van der Waals surface area contributed by atoms with Crippen molar-refractivity contribution in [2.45, 2.75) is 59.5 Å². The lowest BCUT2D eigenvalue weighted by Crippen LogP contribution is -2.35. The molecule has 1 unspecified atom stereocenters. The van der Waals surface area contributed by atoms with Crippen LogP contribution in [0.3, 0.4) is 0 Å². The minimum absolute atomic E-state index is 0.222. The van der Waals surface area contributed by atoms with Crippen LogP contribution in [0.15, 0.2) is 24.3 Å². The predicted molar refractivity (Wildman–Crippen MR) is 87.6 cm³/mol. The number of ether oxygens (including phenoxy) is 1. The first-order valence-corrected chi connectivity index (χ1v) is 7.88. The largest absolute Gasteiger partial charge is 0.489 e. The van der Waals surface area contributed by atoms with E-state index >= 15 is 0 Å². The predicted octanol–water partition coefficient (Wildman–Crippen LogP) is 4.39. The standard InChI is InChI=1S/C18H31NO/c1-7-18(5,6)15-9-11-16(12-10-15)20-17(14(3)4)13-19-8-2/h9-12,14,17,19H,7-8,13H2,1-6H3. The average Bonchev–Trinajstić information content (AvgIpc) is 2.43. The Kier molecular flexibility index (Phi) is 6.54. The van der Waals surface area contributed by atoms with Crippen LogP contribution in [0, 0.1) is 5.92 Å². The molecule has 0 amide bonds. The Labute approximate surface area is 124 Å². The van der Waals surface area contributed by atoms with Gasteiger partial charge in [-0.2, -0.15) is 0 Å². The Morgan fingerprint density at radius 3 is 2.15 bits per heavy atom. The van der Waals surface area contributed by atoms with Gasteiger partial charge in [0.05, 0.1) is 0 Å². The quantitative estimate of drug-likeness (QED) is 0.761. The third-order valence-electron chi connectivity index (χ3n) is 4.15. The summed E-state index contributed by atoms with van der Waals surface area (Å²) >= 11 is 0. The molecule has 20 heavy (non-hydrogen) atoms. The molecule has 0 fully saturated rings. The van der Waals surface area contributed by atoms with Crippen LogP contribution >= 0.6 is 0 Å². The molecular formula is C18H31NO. The second kappa shape index (κ2) is 7.68. The summed E-state index contributed by atoms with van der Waals surface area (Å²) in [4.78, 5) is 0. The maximum absolute atomic E-state index is 6.12. The van der Waals surface area contributed by atoms with Crippen molar-refractivity contribution >= 4 is 0 Å². The number of likely N-dealkylation sites (N-methyl/N-ethyl adjacent to an activating group) is 1. The fourth-order valence-corrected chi connectivity index (χ4v) is 2.06. The van der Waals surface area contributed by atoms with E-state index in [1.165, 1.54) is 5.56 Å². The first-order valence-electron chi connectivity index (χ1n) is 7.88. The zero-order chi connectivity index (χ0) is 15.2. The molecule has 0 saturated heterocycles. The van der Waals surface area contributed by atoms with Gasteiger partial charge >= 0.3 is 0 Å². The average molecular weight is 277 g/mol. The van der Waals surface area contributed by atoms with Gasteiger partial charge in [0.1, 0.15) is 11.9 Å². The Morgan fingerprint density at radius 2 is 1.70 bits per heavy atom. The van der Waals surface area contributed by atoms with Crippen molar-refractivity contribution in [2.75, 3.05) is 13.1 Å². The Bertz CT molecular complexity index is 381. The topological polar surface area (TPSA) is 21.3 Å². The molecule has 0 saturated carbocycles. The zero-order valence-corrected chi connectivity index (χ0v) is 14.0. The van der Waals surface area contributed by atoms with E-state index in [1.807, 2.05) is 0 Å². The van der Waals surface area contributed by atoms with Crippen LogP contribution in [0.2, 0.25) is 0 Å². The molecule has 2 heteroatoms. The van der Waals surface area contributed by atoms with Gasteiger partial charge in [0.2, 0.25) is 0 Å². The highest BCUT2D eigenvalue weighted by Gasteiger charge is 2.18. The SMILES string of the molecule is CCNCC(Oc1ccc(C(C)(C)CC)cc1)C(C)C. The number of nitrogens with one attached hydrogen (secondary N) is 1. The third kappa shape index (κ3) is 4.82. The van der Waals surface area contributed by atoms with Crippen molar-refractivity contribution in [3.63, 3.8) is 0 Å². The maximum Gasteiger partial charge on any atom is 0.119 e. The van der Waals surface area contributed by atoms with Gasteiger partial charge in [-0.1, -0.05) is 53.7 Å². The second-order valence-corrected chi connectivity index (χ2v) is 6.47. The molecule has 1 N–H and O–H groups in total. The van der Waals surface area contributed by atoms with Crippen LogP contribution in [0.25, 0.3) is 0 Å². The number of benzene rings is 1. The van der Waals surface area contributed by atoms with Crippen LogP contribution in [-0.4, -0.2) is 19.2 Å². The minimum Gasteiger partial charge on any atom is -0.489 e. The summed E-state index contributed by atoms with van der Waals surface area (Å²) in [7, 11) is 0. The van der Waals surface area contributed by atoms with Gasteiger partial charge in [0, 0.05) is 6.54 Å². The van der Waals surface area contributed by atoms with Gasteiger partial charge in [0.15, 0.2) is 0 Å². The molecule has 1 aromatic carbocycles. The first-order chi connectivity index (χ1) is 9.40. The normalized spacial score (nSPS) is 13.6. The second-order valence-electron chi connectivity index (χ2n) is 6.47. The number of hydrogen-bond acceptors (Lipinski definition) is 2. The van der Waals surface area contributed by atoms with Crippen LogP contribution in [0.4, 0.5) is 0 Å². The monoisotopic (exact) mass is 277 g/mol. The maximum atomic E-state index is 6.12. The van der Waals surface area contributed by atoms with Crippen molar-refractivity contribution in [1.82, 2.24) is 5.32 Å². The summed E-state index contributed by atoms with van der Waals surface area (Å²) in [6.45, 7) is 15.2. The smallest absolute Gasteiger partial charge is 0.119 e. The summed E-state index contributed by atoms with van der Waals surface area (Å²) in [5.41, 5.74) is 1.61. The van der Waals surface area contributed by atoms with Crippen molar-refractivity contribution in [3.05, 3.63) is 29.8 Å². The van der Waals surface area contributed by atoms with E-state index in [0.717, 1.165) is 25.3 Å². The van der Waals surface area contributed by atoms with Crippen molar-refractivity contribution in [3.8, 4) is 5.75 Å². The van der Waals surface area contributed by atoms with Crippen molar-refractivity contribution in [2.24, 2.45) is 5.92 Å². The zero-order valence-electron chi connectivity index (χ0n) is 14.0. The molecule has 0 radical (unpaired) electrons. The molecule has 1 rings (SSSR count). The van der Waals surface area contributed by atoms with Gasteiger partial charge in [-0.25, -0.2) is 0 Å². The summed E-state index contributed by atoms with van der Waals surface area (Å²) in [6.07, 6.45) is 1.36. The molecule has 114 valence electrons. The van der Waals surface area contributed by atoms with E-state index in [2.05, 4.69) is 71.1 Å². The highest BCUT2D eigenvalue weighted by atomic mass is 16.5. The minimum atomic E-state index is 0.222. The molecule has 0 spiro atoms. The van der Waals surface area contributed by atoms with E-state index in [0.29, 0.717) is 5.92 Å². The van der Waals surface area contributed by atoms with Crippen LogP contribution in [0.5, 0.6) is 5.75 Å². The molecule has 0 aliphatic heterocycles. The molecule has 0 bridgehead atoms. The molecule has 2 nitrogen and oxygen atoms in total.